The van der Waals surface area contributed by atoms with Crippen molar-refractivity contribution in [3.05, 3.63) is 47.5 Å². The van der Waals surface area contributed by atoms with Gasteiger partial charge in [-0.2, -0.15) is 0 Å². The number of carbonyl (C=O) groups excluding carboxylic acids is 2. The predicted molar refractivity (Wildman–Crippen MR) is 105 cm³/mol. The molecule has 0 unspecified atom stereocenters. The van der Waals surface area contributed by atoms with Gasteiger partial charge in [-0.15, -0.1) is 11.6 Å². The number of hydrogen-bond donors (Lipinski definition) is 4. The lowest BCUT2D eigenvalue weighted by Crippen LogP contribution is -2.19. The van der Waals surface area contributed by atoms with Crippen molar-refractivity contribution < 1.29 is 18.0 Å². The van der Waals surface area contributed by atoms with Crippen molar-refractivity contribution in [3.8, 4) is 0 Å². The van der Waals surface area contributed by atoms with E-state index in [1.165, 1.54) is 6.07 Å². The number of aryl methyl sites for hydroxylation is 1. The first-order chi connectivity index (χ1) is 12.8. The van der Waals surface area contributed by atoms with E-state index >= 15 is 0 Å². The van der Waals surface area contributed by atoms with Gasteiger partial charge in [-0.3, -0.25) is 25.2 Å². The SMILES string of the molecule is Cc1ccc(S(=O)(=O)Nc2ccc(NNC=O)cc2)c(C)c1NC(=O)CCl. The average Bonchev–Trinajstić information content (AvgIpc) is 2.63. The summed E-state index contributed by atoms with van der Waals surface area (Å²) in [5.74, 6) is -0.648. The summed E-state index contributed by atoms with van der Waals surface area (Å²) in [5, 5.41) is 2.62. The number of sulfonamides is 1. The van der Waals surface area contributed by atoms with Crippen LogP contribution in [0.4, 0.5) is 17.1 Å². The fraction of sp³-hybridized carbons (Fsp3) is 0.176. The second-order valence-corrected chi connectivity index (χ2v) is 7.55. The van der Waals surface area contributed by atoms with Crippen LogP contribution in [0.2, 0.25) is 0 Å². The third kappa shape index (κ3) is 5.11. The Kier molecular flexibility index (Phi) is 6.65. The Labute approximate surface area is 162 Å². The predicted octanol–water partition coefficient (Wildman–Crippen LogP) is 2.35. The topological polar surface area (TPSA) is 116 Å². The number of halogens is 1. The zero-order chi connectivity index (χ0) is 20.0. The van der Waals surface area contributed by atoms with Crippen LogP contribution in [0.5, 0.6) is 0 Å². The molecule has 8 nitrogen and oxygen atoms in total. The summed E-state index contributed by atoms with van der Waals surface area (Å²) in [4.78, 5) is 21.9. The largest absolute Gasteiger partial charge is 0.325 e. The Morgan fingerprint density at radius 3 is 2.30 bits per heavy atom. The van der Waals surface area contributed by atoms with E-state index in [0.29, 0.717) is 29.0 Å². The molecule has 4 N–H and O–H groups in total. The maximum absolute atomic E-state index is 12.8. The molecule has 0 aromatic heterocycles. The normalized spacial score (nSPS) is 10.8. The van der Waals surface area contributed by atoms with Crippen LogP contribution in [-0.4, -0.2) is 26.6 Å². The van der Waals surface area contributed by atoms with E-state index in [0.717, 1.165) is 5.56 Å². The fourth-order valence-corrected chi connectivity index (χ4v) is 3.80. The number of nitrogens with one attached hydrogen (secondary N) is 4. The summed E-state index contributed by atoms with van der Waals surface area (Å²) in [6.45, 7) is 3.38. The van der Waals surface area contributed by atoms with E-state index < -0.39 is 15.9 Å². The molecule has 0 saturated carbocycles. The van der Waals surface area contributed by atoms with Gasteiger partial charge >= 0.3 is 0 Å². The van der Waals surface area contributed by atoms with Crippen molar-refractivity contribution in [2.45, 2.75) is 18.7 Å². The van der Waals surface area contributed by atoms with Gasteiger partial charge in [0.05, 0.1) is 10.6 Å². The maximum Gasteiger partial charge on any atom is 0.262 e. The number of benzene rings is 2. The highest BCUT2D eigenvalue weighted by Gasteiger charge is 2.20. The lowest BCUT2D eigenvalue weighted by molar-refractivity contribution is -0.114. The molecule has 0 radical (unpaired) electrons. The smallest absolute Gasteiger partial charge is 0.262 e. The molecule has 0 atom stereocenters. The third-order valence-corrected chi connectivity index (χ3v) is 5.48. The Morgan fingerprint density at radius 1 is 1.07 bits per heavy atom. The van der Waals surface area contributed by atoms with Gasteiger partial charge in [-0.1, -0.05) is 6.07 Å². The fourth-order valence-electron chi connectivity index (χ4n) is 2.43. The molecule has 0 fully saturated rings. The van der Waals surface area contributed by atoms with E-state index in [1.807, 2.05) is 0 Å². The van der Waals surface area contributed by atoms with Crippen LogP contribution >= 0.6 is 11.6 Å². The van der Waals surface area contributed by atoms with Crippen LogP contribution in [0.25, 0.3) is 0 Å². The van der Waals surface area contributed by atoms with Gasteiger partial charge in [0.15, 0.2) is 0 Å². The number of hydrazine groups is 1. The van der Waals surface area contributed by atoms with Gasteiger partial charge in [-0.25, -0.2) is 8.42 Å². The highest BCUT2D eigenvalue weighted by Crippen LogP contribution is 2.28. The summed E-state index contributed by atoms with van der Waals surface area (Å²) in [6.07, 6.45) is 0.484. The quantitative estimate of drug-likeness (QED) is 0.303. The molecule has 27 heavy (non-hydrogen) atoms. The van der Waals surface area contributed by atoms with Crippen molar-refractivity contribution >= 4 is 51.0 Å². The second-order valence-electron chi connectivity index (χ2n) is 5.63. The van der Waals surface area contributed by atoms with Gasteiger partial charge in [0, 0.05) is 11.4 Å². The molecular weight excluding hydrogens is 392 g/mol. The molecule has 0 saturated heterocycles. The first-order valence-corrected chi connectivity index (χ1v) is 9.84. The lowest BCUT2D eigenvalue weighted by Gasteiger charge is -2.16. The molecule has 10 heteroatoms. The number of hydrogen-bond acceptors (Lipinski definition) is 5. The summed E-state index contributed by atoms with van der Waals surface area (Å²) < 4.78 is 28.0. The molecule has 144 valence electrons. The molecule has 0 bridgehead atoms. The average molecular weight is 411 g/mol. The van der Waals surface area contributed by atoms with Crippen molar-refractivity contribution in [2.75, 3.05) is 21.3 Å². The Bertz CT molecular complexity index is 946. The van der Waals surface area contributed by atoms with Crippen LogP contribution < -0.4 is 20.9 Å². The summed E-state index contributed by atoms with van der Waals surface area (Å²) in [7, 11) is -3.88. The Hall–Kier alpha value is -2.78. The summed E-state index contributed by atoms with van der Waals surface area (Å²) in [6, 6.07) is 9.39. The first kappa shape index (κ1) is 20.5. The number of anilines is 3. The molecule has 2 rings (SSSR count). The van der Waals surface area contributed by atoms with Crippen LogP contribution in [0.1, 0.15) is 11.1 Å². The van der Waals surface area contributed by atoms with Gasteiger partial charge in [0.2, 0.25) is 12.3 Å². The molecule has 0 aliphatic heterocycles. The highest BCUT2D eigenvalue weighted by atomic mass is 35.5. The summed E-state index contributed by atoms with van der Waals surface area (Å²) in [5.41, 5.74) is 7.39. The minimum Gasteiger partial charge on any atom is -0.325 e. The Morgan fingerprint density at radius 2 is 1.70 bits per heavy atom. The highest BCUT2D eigenvalue weighted by molar-refractivity contribution is 7.92. The minimum absolute atomic E-state index is 0.0443. The third-order valence-electron chi connectivity index (χ3n) is 3.71. The van der Waals surface area contributed by atoms with E-state index in [2.05, 4.69) is 20.9 Å². The zero-order valence-electron chi connectivity index (χ0n) is 14.7. The molecule has 2 amide bonds. The van der Waals surface area contributed by atoms with Crippen LogP contribution in [0.15, 0.2) is 41.3 Å². The number of rotatable bonds is 8. The van der Waals surface area contributed by atoms with Gasteiger partial charge in [0.25, 0.3) is 10.0 Å². The standard InChI is InChI=1S/C17H19ClN4O4S/c1-11-3-8-15(12(2)17(11)20-16(24)9-18)27(25,26)22-14-6-4-13(5-7-14)21-19-10-23/h3-8,10,21-22H,9H2,1-2H3,(H,19,23)(H,20,24). The van der Waals surface area contributed by atoms with E-state index in [9.17, 15) is 18.0 Å². The maximum atomic E-state index is 12.8. The van der Waals surface area contributed by atoms with Crippen molar-refractivity contribution in [1.29, 1.82) is 0 Å². The molecule has 0 spiro atoms. The second kappa shape index (κ2) is 8.74. The van der Waals surface area contributed by atoms with E-state index in [-0.39, 0.29) is 10.8 Å². The zero-order valence-corrected chi connectivity index (χ0v) is 16.2. The van der Waals surface area contributed by atoms with Crippen molar-refractivity contribution in [3.63, 3.8) is 0 Å². The monoisotopic (exact) mass is 410 g/mol. The van der Waals surface area contributed by atoms with Crippen molar-refractivity contribution in [1.82, 2.24) is 5.43 Å². The van der Waals surface area contributed by atoms with E-state index in [4.69, 9.17) is 11.6 Å². The summed E-state index contributed by atoms with van der Waals surface area (Å²) >= 11 is 5.52. The number of alkyl halides is 1. The molecular formula is C17H19ClN4O4S. The van der Waals surface area contributed by atoms with Gasteiger partial charge in [0.1, 0.15) is 5.88 Å². The minimum atomic E-state index is -3.88. The van der Waals surface area contributed by atoms with Crippen LogP contribution in [-0.2, 0) is 19.6 Å². The Balaban J connectivity index is 2.29. The van der Waals surface area contributed by atoms with Gasteiger partial charge < -0.3 is 5.32 Å². The molecule has 0 heterocycles. The van der Waals surface area contributed by atoms with E-state index in [1.54, 1.807) is 44.2 Å². The van der Waals surface area contributed by atoms with Crippen LogP contribution in [0.3, 0.4) is 0 Å². The molecule has 2 aromatic carbocycles. The van der Waals surface area contributed by atoms with Gasteiger partial charge in [-0.05, 0) is 55.3 Å². The molecule has 0 aliphatic carbocycles. The number of amides is 2. The molecule has 2 aromatic rings. The molecule has 0 aliphatic rings. The van der Waals surface area contributed by atoms with Crippen LogP contribution in [0, 0.1) is 13.8 Å². The number of carbonyl (C=O) groups is 2. The lowest BCUT2D eigenvalue weighted by atomic mass is 10.1. The van der Waals surface area contributed by atoms with Crippen molar-refractivity contribution in [2.24, 2.45) is 0 Å². The first-order valence-electron chi connectivity index (χ1n) is 7.82.